The van der Waals surface area contributed by atoms with Crippen LogP contribution in [0.5, 0.6) is 17.2 Å². The molecule has 35 heavy (non-hydrogen) atoms. The number of para-hydroxylation sites is 1. The summed E-state index contributed by atoms with van der Waals surface area (Å²) in [6.07, 6.45) is 1.43. The minimum Gasteiger partial charge on any atom is -0.454 e. The number of esters is 1. The van der Waals surface area contributed by atoms with Gasteiger partial charge in [-0.25, -0.2) is 10.2 Å². The lowest BCUT2D eigenvalue weighted by Crippen LogP contribution is -2.26. The molecule has 0 atom stereocenters. The Bertz CT molecular complexity index is 1430. The van der Waals surface area contributed by atoms with Crippen molar-refractivity contribution in [2.45, 2.75) is 0 Å². The highest BCUT2D eigenvalue weighted by Gasteiger charge is 2.18. The minimum atomic E-state index is -0.549. The van der Waals surface area contributed by atoms with Crippen molar-refractivity contribution in [3.63, 3.8) is 0 Å². The van der Waals surface area contributed by atoms with E-state index in [9.17, 15) is 9.59 Å². The van der Waals surface area contributed by atoms with Gasteiger partial charge < -0.3 is 19.5 Å². The Labute approximate surface area is 201 Å². The van der Waals surface area contributed by atoms with Gasteiger partial charge >= 0.3 is 5.97 Å². The number of carbonyl (C=O) groups is 2. The highest BCUT2D eigenvalue weighted by molar-refractivity contribution is 5.96. The van der Waals surface area contributed by atoms with Gasteiger partial charge in [0.25, 0.3) is 5.91 Å². The lowest BCUT2D eigenvalue weighted by Gasteiger charge is -2.09. The molecule has 0 fully saturated rings. The van der Waals surface area contributed by atoms with Crippen molar-refractivity contribution in [1.29, 1.82) is 0 Å². The fourth-order valence-corrected chi connectivity index (χ4v) is 3.63. The monoisotopic (exact) mass is 467 g/mol. The number of rotatable bonds is 7. The number of hydrogen-bond donors (Lipinski definition) is 2. The molecule has 4 aromatic carbocycles. The number of amides is 1. The third-order valence-corrected chi connectivity index (χ3v) is 5.35. The summed E-state index contributed by atoms with van der Waals surface area (Å²) in [6.45, 7) is 0.169. The average Bonchev–Trinajstić information content (AvgIpc) is 3.36. The van der Waals surface area contributed by atoms with Crippen molar-refractivity contribution in [3.05, 3.63) is 96.1 Å². The quantitative estimate of drug-likeness (QED) is 0.182. The number of anilines is 1. The molecule has 0 bridgehead atoms. The third-order valence-electron chi connectivity index (χ3n) is 5.35. The molecule has 0 saturated heterocycles. The maximum absolute atomic E-state index is 12.6. The van der Waals surface area contributed by atoms with Crippen LogP contribution < -0.4 is 25.0 Å². The van der Waals surface area contributed by atoms with E-state index in [1.165, 1.54) is 6.21 Å². The molecule has 1 amide bonds. The van der Waals surface area contributed by atoms with Crippen LogP contribution in [0.2, 0.25) is 0 Å². The number of carbonyl (C=O) groups excluding carboxylic acids is 2. The number of fused-ring (bicyclic) bond motifs is 2. The average molecular weight is 467 g/mol. The van der Waals surface area contributed by atoms with E-state index in [0.717, 1.165) is 16.5 Å². The summed E-state index contributed by atoms with van der Waals surface area (Å²) in [7, 11) is 0. The molecule has 0 saturated carbocycles. The van der Waals surface area contributed by atoms with E-state index in [4.69, 9.17) is 14.2 Å². The van der Waals surface area contributed by atoms with Crippen LogP contribution in [0, 0.1) is 0 Å². The van der Waals surface area contributed by atoms with E-state index in [1.807, 2.05) is 42.5 Å². The summed E-state index contributed by atoms with van der Waals surface area (Å²) in [6, 6.07) is 25.5. The van der Waals surface area contributed by atoms with Crippen LogP contribution in [0.1, 0.15) is 15.9 Å². The molecule has 174 valence electrons. The Hall–Kier alpha value is -4.85. The van der Waals surface area contributed by atoms with Crippen LogP contribution in [0.3, 0.4) is 0 Å². The van der Waals surface area contributed by atoms with Crippen LogP contribution in [-0.4, -0.2) is 31.4 Å². The van der Waals surface area contributed by atoms with Crippen LogP contribution in [-0.2, 0) is 4.79 Å². The molecule has 4 aromatic rings. The third kappa shape index (κ3) is 5.06. The molecule has 0 radical (unpaired) electrons. The normalized spacial score (nSPS) is 12.0. The van der Waals surface area contributed by atoms with Gasteiger partial charge in [0.05, 0.1) is 18.3 Å². The van der Waals surface area contributed by atoms with Gasteiger partial charge in [-0.1, -0.05) is 48.5 Å². The number of benzene rings is 4. The molecular formula is C27H21N3O5. The molecular weight excluding hydrogens is 446 g/mol. The summed E-state index contributed by atoms with van der Waals surface area (Å²) in [5, 5.41) is 9.26. The number of nitrogens with zero attached hydrogens (tertiary/aromatic N) is 1. The van der Waals surface area contributed by atoms with Crippen molar-refractivity contribution in [2.75, 3.05) is 18.7 Å². The first kappa shape index (κ1) is 22.0. The van der Waals surface area contributed by atoms with Gasteiger partial charge in [-0.05, 0) is 41.8 Å². The Morgan fingerprint density at radius 3 is 2.66 bits per heavy atom. The predicted octanol–water partition coefficient (Wildman–Crippen LogP) is 4.35. The number of nitrogens with one attached hydrogen (secondary N) is 2. The Kier molecular flexibility index (Phi) is 6.25. The van der Waals surface area contributed by atoms with Crippen molar-refractivity contribution in [1.82, 2.24) is 5.43 Å². The van der Waals surface area contributed by atoms with Gasteiger partial charge in [-0.3, -0.25) is 4.79 Å². The molecule has 1 aliphatic rings. The standard InChI is InChI=1S/C27H21N3O5/c31-26(16-28-22-10-5-8-18-6-1-3-9-21(18)22)30-29-15-20-7-2-4-11-23(20)35-27(32)19-12-13-24-25(14-19)34-17-33-24/h1-15,28H,16-17H2,(H,30,31)/b29-15+. The summed E-state index contributed by atoms with van der Waals surface area (Å²) in [4.78, 5) is 24.9. The van der Waals surface area contributed by atoms with Crippen molar-refractivity contribution in [3.8, 4) is 17.2 Å². The molecule has 1 aliphatic heterocycles. The van der Waals surface area contributed by atoms with E-state index in [-0.39, 0.29) is 19.2 Å². The number of hydrazone groups is 1. The predicted molar refractivity (Wildman–Crippen MR) is 132 cm³/mol. The fraction of sp³-hybridized carbons (Fsp3) is 0.0741. The van der Waals surface area contributed by atoms with Gasteiger partial charge in [0.2, 0.25) is 6.79 Å². The summed E-state index contributed by atoms with van der Waals surface area (Å²) in [5.74, 6) is 0.521. The van der Waals surface area contributed by atoms with E-state index in [1.54, 1.807) is 42.5 Å². The first-order valence-electron chi connectivity index (χ1n) is 10.9. The second-order valence-electron chi connectivity index (χ2n) is 7.67. The Balaban J connectivity index is 1.20. The molecule has 8 heteroatoms. The molecule has 1 heterocycles. The largest absolute Gasteiger partial charge is 0.454 e. The number of hydrogen-bond acceptors (Lipinski definition) is 7. The minimum absolute atomic E-state index is 0.0477. The van der Waals surface area contributed by atoms with E-state index in [2.05, 4.69) is 15.8 Å². The second-order valence-corrected chi connectivity index (χ2v) is 7.67. The van der Waals surface area contributed by atoms with Crippen LogP contribution in [0.15, 0.2) is 90.0 Å². The zero-order valence-corrected chi connectivity index (χ0v) is 18.6. The number of ether oxygens (including phenoxy) is 3. The maximum atomic E-state index is 12.6. The summed E-state index contributed by atoms with van der Waals surface area (Å²) >= 11 is 0. The Morgan fingerprint density at radius 1 is 0.914 bits per heavy atom. The second kappa shape index (κ2) is 9.96. The zero-order valence-electron chi connectivity index (χ0n) is 18.6. The van der Waals surface area contributed by atoms with Crippen LogP contribution in [0.25, 0.3) is 10.8 Å². The zero-order chi connectivity index (χ0) is 24.0. The molecule has 8 nitrogen and oxygen atoms in total. The molecule has 0 aliphatic carbocycles. The van der Waals surface area contributed by atoms with E-state index >= 15 is 0 Å². The van der Waals surface area contributed by atoms with Crippen molar-refractivity contribution in [2.24, 2.45) is 5.10 Å². The molecule has 0 spiro atoms. The summed E-state index contributed by atoms with van der Waals surface area (Å²) in [5.41, 5.74) is 4.21. The van der Waals surface area contributed by atoms with Crippen molar-refractivity contribution < 1.29 is 23.8 Å². The Morgan fingerprint density at radius 2 is 1.71 bits per heavy atom. The smallest absolute Gasteiger partial charge is 0.343 e. The van der Waals surface area contributed by atoms with Crippen LogP contribution in [0.4, 0.5) is 5.69 Å². The van der Waals surface area contributed by atoms with Gasteiger partial charge in [-0.15, -0.1) is 0 Å². The summed E-state index contributed by atoms with van der Waals surface area (Å²) < 4.78 is 16.1. The van der Waals surface area contributed by atoms with E-state index in [0.29, 0.717) is 28.4 Å². The topological polar surface area (TPSA) is 98.2 Å². The first-order valence-corrected chi connectivity index (χ1v) is 10.9. The SMILES string of the molecule is O=C(CNc1cccc2ccccc12)N/N=C/c1ccccc1OC(=O)c1ccc2c(c1)OCO2. The van der Waals surface area contributed by atoms with Crippen LogP contribution >= 0.6 is 0 Å². The van der Waals surface area contributed by atoms with Crippen molar-refractivity contribution >= 4 is 34.6 Å². The van der Waals surface area contributed by atoms with Gasteiger partial charge in [0.15, 0.2) is 11.5 Å². The lowest BCUT2D eigenvalue weighted by molar-refractivity contribution is -0.119. The highest BCUT2D eigenvalue weighted by Crippen LogP contribution is 2.33. The highest BCUT2D eigenvalue weighted by atomic mass is 16.7. The van der Waals surface area contributed by atoms with E-state index < -0.39 is 5.97 Å². The molecule has 0 unspecified atom stereocenters. The molecule has 5 rings (SSSR count). The molecule has 0 aromatic heterocycles. The molecule has 2 N–H and O–H groups in total. The maximum Gasteiger partial charge on any atom is 0.343 e. The first-order chi connectivity index (χ1) is 17.2. The van der Waals surface area contributed by atoms with Gasteiger partial charge in [-0.2, -0.15) is 5.10 Å². The fourth-order valence-electron chi connectivity index (χ4n) is 3.63. The van der Waals surface area contributed by atoms with Gasteiger partial charge in [0, 0.05) is 16.6 Å². The van der Waals surface area contributed by atoms with Gasteiger partial charge in [0.1, 0.15) is 5.75 Å². The lowest BCUT2D eigenvalue weighted by atomic mass is 10.1.